The highest BCUT2D eigenvalue weighted by molar-refractivity contribution is 5.66. The summed E-state index contributed by atoms with van der Waals surface area (Å²) < 4.78 is 5.91. The van der Waals surface area contributed by atoms with E-state index in [2.05, 4.69) is 0 Å². The highest BCUT2D eigenvalue weighted by atomic mass is 16.5. The maximum Gasteiger partial charge on any atom is 0.407 e. The van der Waals surface area contributed by atoms with E-state index < -0.39 is 6.09 Å². The standard InChI is InChI=1S/C17H17NO3/c19-17(20)18-11-12-21-16(14-9-5-2-6-10-14)15(18)13-7-3-1-4-8-13/h1-10,15-16H,11-12H2,(H,19,20). The van der Waals surface area contributed by atoms with Crippen LogP contribution in [0.5, 0.6) is 0 Å². The molecule has 4 nitrogen and oxygen atoms in total. The van der Waals surface area contributed by atoms with Gasteiger partial charge in [-0.1, -0.05) is 60.7 Å². The minimum atomic E-state index is -0.909. The van der Waals surface area contributed by atoms with Crippen LogP contribution >= 0.6 is 0 Å². The molecule has 1 amide bonds. The average molecular weight is 283 g/mol. The number of benzene rings is 2. The molecule has 1 N–H and O–H groups in total. The lowest BCUT2D eigenvalue weighted by molar-refractivity contribution is -0.0649. The first-order chi connectivity index (χ1) is 10.3. The molecule has 1 aliphatic heterocycles. The normalized spacial score (nSPS) is 22.0. The summed E-state index contributed by atoms with van der Waals surface area (Å²) in [5, 5.41) is 9.51. The van der Waals surface area contributed by atoms with Gasteiger partial charge in [0.2, 0.25) is 0 Å². The lowest BCUT2D eigenvalue weighted by Crippen LogP contribution is -2.44. The van der Waals surface area contributed by atoms with Crippen LogP contribution in [0.4, 0.5) is 4.79 Å². The van der Waals surface area contributed by atoms with Gasteiger partial charge in [-0.2, -0.15) is 0 Å². The van der Waals surface area contributed by atoms with Gasteiger partial charge in [-0.3, -0.25) is 4.90 Å². The second-order valence-corrected chi connectivity index (χ2v) is 5.03. The molecule has 0 bridgehead atoms. The van der Waals surface area contributed by atoms with E-state index in [9.17, 15) is 9.90 Å². The topological polar surface area (TPSA) is 49.8 Å². The molecule has 3 rings (SSSR count). The van der Waals surface area contributed by atoms with Gasteiger partial charge in [0, 0.05) is 6.54 Å². The third-order valence-corrected chi connectivity index (χ3v) is 3.77. The largest absolute Gasteiger partial charge is 0.465 e. The summed E-state index contributed by atoms with van der Waals surface area (Å²) in [5.41, 5.74) is 1.95. The van der Waals surface area contributed by atoms with Crippen LogP contribution < -0.4 is 0 Å². The zero-order chi connectivity index (χ0) is 14.7. The minimum absolute atomic E-state index is 0.279. The molecule has 1 saturated heterocycles. The van der Waals surface area contributed by atoms with Crippen molar-refractivity contribution in [3.8, 4) is 0 Å². The van der Waals surface area contributed by atoms with Crippen molar-refractivity contribution >= 4 is 6.09 Å². The number of carboxylic acid groups (broad SMARTS) is 1. The first-order valence-electron chi connectivity index (χ1n) is 6.98. The highest BCUT2D eigenvalue weighted by Crippen LogP contribution is 2.39. The first kappa shape index (κ1) is 13.6. The summed E-state index contributed by atoms with van der Waals surface area (Å²) in [6, 6.07) is 19.1. The fourth-order valence-corrected chi connectivity index (χ4v) is 2.81. The van der Waals surface area contributed by atoms with Crippen LogP contribution in [0.3, 0.4) is 0 Å². The van der Waals surface area contributed by atoms with E-state index in [-0.39, 0.29) is 12.1 Å². The van der Waals surface area contributed by atoms with Gasteiger partial charge >= 0.3 is 6.09 Å². The Labute approximate surface area is 123 Å². The Hall–Kier alpha value is -2.33. The van der Waals surface area contributed by atoms with Crippen molar-refractivity contribution in [1.82, 2.24) is 4.90 Å². The summed E-state index contributed by atoms with van der Waals surface area (Å²) in [6.45, 7) is 0.799. The Kier molecular flexibility index (Phi) is 3.88. The number of amides is 1. The van der Waals surface area contributed by atoms with E-state index in [1.165, 1.54) is 4.90 Å². The van der Waals surface area contributed by atoms with Gasteiger partial charge in [0.05, 0.1) is 12.6 Å². The number of rotatable bonds is 2. The van der Waals surface area contributed by atoms with E-state index in [1.807, 2.05) is 60.7 Å². The molecular weight excluding hydrogens is 266 g/mol. The van der Waals surface area contributed by atoms with Crippen molar-refractivity contribution < 1.29 is 14.6 Å². The lowest BCUT2D eigenvalue weighted by Gasteiger charge is -2.40. The quantitative estimate of drug-likeness (QED) is 0.918. The molecule has 21 heavy (non-hydrogen) atoms. The van der Waals surface area contributed by atoms with Crippen molar-refractivity contribution in [3.63, 3.8) is 0 Å². The van der Waals surface area contributed by atoms with Crippen LogP contribution in [0.1, 0.15) is 23.3 Å². The monoisotopic (exact) mass is 283 g/mol. The Morgan fingerprint density at radius 2 is 1.57 bits per heavy atom. The lowest BCUT2D eigenvalue weighted by atomic mass is 9.93. The zero-order valence-corrected chi connectivity index (χ0v) is 11.6. The second kappa shape index (κ2) is 5.97. The molecule has 0 aromatic heterocycles. The maximum absolute atomic E-state index is 11.6. The number of hydrogen-bond donors (Lipinski definition) is 1. The van der Waals surface area contributed by atoms with Gasteiger partial charge in [0.1, 0.15) is 6.10 Å². The van der Waals surface area contributed by atoms with Crippen molar-refractivity contribution in [1.29, 1.82) is 0 Å². The first-order valence-corrected chi connectivity index (χ1v) is 6.98. The molecule has 1 heterocycles. The fourth-order valence-electron chi connectivity index (χ4n) is 2.81. The summed E-state index contributed by atoms with van der Waals surface area (Å²) in [4.78, 5) is 13.1. The maximum atomic E-state index is 11.6. The number of ether oxygens (including phenoxy) is 1. The molecule has 108 valence electrons. The van der Waals surface area contributed by atoms with Crippen LogP contribution in [0, 0.1) is 0 Å². The van der Waals surface area contributed by atoms with Crippen LogP contribution in [0.25, 0.3) is 0 Å². The second-order valence-electron chi connectivity index (χ2n) is 5.03. The van der Waals surface area contributed by atoms with E-state index in [0.29, 0.717) is 13.2 Å². The van der Waals surface area contributed by atoms with Gasteiger partial charge < -0.3 is 9.84 Å². The van der Waals surface area contributed by atoms with Crippen molar-refractivity contribution in [3.05, 3.63) is 71.8 Å². The molecule has 0 saturated carbocycles. The van der Waals surface area contributed by atoms with E-state index >= 15 is 0 Å². The predicted molar refractivity (Wildman–Crippen MR) is 79.0 cm³/mol. The highest BCUT2D eigenvalue weighted by Gasteiger charge is 2.37. The number of carbonyl (C=O) groups is 1. The Morgan fingerprint density at radius 3 is 2.14 bits per heavy atom. The smallest absolute Gasteiger partial charge is 0.407 e. The summed E-state index contributed by atoms with van der Waals surface area (Å²) in [5.74, 6) is 0. The van der Waals surface area contributed by atoms with Crippen molar-refractivity contribution in [2.24, 2.45) is 0 Å². The number of morpholine rings is 1. The summed E-state index contributed by atoms with van der Waals surface area (Å²) in [6.07, 6.45) is -1.19. The van der Waals surface area contributed by atoms with Gasteiger partial charge in [0.15, 0.2) is 0 Å². The average Bonchev–Trinajstić information content (AvgIpc) is 2.55. The zero-order valence-electron chi connectivity index (χ0n) is 11.6. The molecule has 0 spiro atoms. The van der Waals surface area contributed by atoms with E-state index in [4.69, 9.17) is 4.74 Å². The van der Waals surface area contributed by atoms with Crippen LogP contribution in [-0.2, 0) is 4.74 Å². The molecular formula is C17H17NO3. The van der Waals surface area contributed by atoms with Crippen LogP contribution in [0.2, 0.25) is 0 Å². The summed E-state index contributed by atoms with van der Waals surface area (Å²) >= 11 is 0. The van der Waals surface area contributed by atoms with E-state index in [0.717, 1.165) is 11.1 Å². The molecule has 2 aromatic carbocycles. The predicted octanol–water partition coefficient (Wildman–Crippen LogP) is 3.48. The molecule has 4 heteroatoms. The number of hydrogen-bond acceptors (Lipinski definition) is 2. The molecule has 2 unspecified atom stereocenters. The SMILES string of the molecule is O=C(O)N1CCOC(c2ccccc2)C1c1ccccc1. The van der Waals surface area contributed by atoms with Gasteiger partial charge in [-0.15, -0.1) is 0 Å². The van der Waals surface area contributed by atoms with Crippen LogP contribution in [-0.4, -0.2) is 29.3 Å². The third-order valence-electron chi connectivity index (χ3n) is 3.77. The minimum Gasteiger partial charge on any atom is -0.465 e. The van der Waals surface area contributed by atoms with E-state index in [1.54, 1.807) is 0 Å². The summed E-state index contributed by atoms with van der Waals surface area (Å²) in [7, 11) is 0. The van der Waals surface area contributed by atoms with Crippen molar-refractivity contribution in [2.45, 2.75) is 12.1 Å². The Morgan fingerprint density at radius 1 is 1.00 bits per heavy atom. The Balaban J connectivity index is 2.02. The van der Waals surface area contributed by atoms with Crippen molar-refractivity contribution in [2.75, 3.05) is 13.2 Å². The Bertz CT molecular complexity index is 600. The molecule has 1 fully saturated rings. The molecule has 2 atom stereocenters. The van der Waals surface area contributed by atoms with Gasteiger partial charge in [-0.25, -0.2) is 4.79 Å². The van der Waals surface area contributed by atoms with Gasteiger partial charge in [0.25, 0.3) is 0 Å². The third kappa shape index (κ3) is 2.76. The molecule has 1 aliphatic rings. The molecule has 0 radical (unpaired) electrons. The molecule has 2 aromatic rings. The van der Waals surface area contributed by atoms with Gasteiger partial charge in [-0.05, 0) is 11.1 Å². The molecule has 0 aliphatic carbocycles. The number of nitrogens with zero attached hydrogens (tertiary/aromatic N) is 1. The fraction of sp³-hybridized carbons (Fsp3) is 0.235. The van der Waals surface area contributed by atoms with Crippen LogP contribution in [0.15, 0.2) is 60.7 Å².